The first-order valence-electron chi connectivity index (χ1n) is 6.85. The molecule has 0 atom stereocenters. The Kier molecular flexibility index (Phi) is 2.66. The number of pyridine rings is 1. The fourth-order valence-electron chi connectivity index (χ4n) is 2.71. The molecular formula is C17H11N3O2. The maximum atomic E-state index is 11.5. The monoisotopic (exact) mass is 289 g/mol. The number of rotatable bonds is 2. The molecule has 0 spiro atoms. The summed E-state index contributed by atoms with van der Waals surface area (Å²) < 4.78 is 0. The Morgan fingerprint density at radius 1 is 1.05 bits per heavy atom. The van der Waals surface area contributed by atoms with E-state index in [0.717, 1.165) is 27.4 Å². The highest BCUT2D eigenvalue weighted by Gasteiger charge is 2.20. The molecule has 0 aliphatic rings. The number of nitrogens with zero attached hydrogens (tertiary/aromatic N) is 2. The zero-order chi connectivity index (χ0) is 15.1. The molecule has 1 N–H and O–H groups in total. The molecule has 0 saturated heterocycles. The largest absolute Gasteiger partial charge is 0.360 e. The molecule has 0 bridgehead atoms. The first kappa shape index (κ1) is 12.5. The number of para-hydroxylation sites is 2. The standard InChI is InChI=1S/C17H11N3O2/c21-20(22)16-9-11-5-1-3-7-14(11)19-17(16)13-10-18-15-8-4-2-6-12(13)15/h1-10,18H. The van der Waals surface area contributed by atoms with Crippen LogP contribution in [0.4, 0.5) is 5.69 Å². The Morgan fingerprint density at radius 2 is 1.82 bits per heavy atom. The van der Waals surface area contributed by atoms with Gasteiger partial charge in [-0.1, -0.05) is 36.4 Å². The first-order valence-corrected chi connectivity index (χ1v) is 6.85. The number of aromatic nitrogens is 2. The van der Waals surface area contributed by atoms with E-state index in [2.05, 4.69) is 9.97 Å². The lowest BCUT2D eigenvalue weighted by atomic mass is 10.1. The lowest BCUT2D eigenvalue weighted by Crippen LogP contribution is -1.95. The Morgan fingerprint density at radius 3 is 2.68 bits per heavy atom. The van der Waals surface area contributed by atoms with Crippen LogP contribution in [0.25, 0.3) is 33.1 Å². The summed E-state index contributed by atoms with van der Waals surface area (Å²) >= 11 is 0. The van der Waals surface area contributed by atoms with Gasteiger partial charge < -0.3 is 4.98 Å². The van der Waals surface area contributed by atoms with Gasteiger partial charge in [-0.2, -0.15) is 0 Å². The summed E-state index contributed by atoms with van der Waals surface area (Å²) in [5.74, 6) is 0. The summed E-state index contributed by atoms with van der Waals surface area (Å²) in [7, 11) is 0. The Labute approximate surface area is 125 Å². The fraction of sp³-hybridized carbons (Fsp3) is 0. The van der Waals surface area contributed by atoms with Gasteiger partial charge in [0.25, 0.3) is 5.69 Å². The number of H-pyrrole nitrogens is 1. The minimum Gasteiger partial charge on any atom is -0.360 e. The van der Waals surface area contributed by atoms with Gasteiger partial charge in [0.2, 0.25) is 0 Å². The van der Waals surface area contributed by atoms with Crippen molar-refractivity contribution < 1.29 is 4.92 Å². The molecule has 2 aromatic carbocycles. The van der Waals surface area contributed by atoms with Crippen molar-refractivity contribution in [2.45, 2.75) is 0 Å². The van der Waals surface area contributed by atoms with Crippen LogP contribution in [0.3, 0.4) is 0 Å². The Bertz CT molecular complexity index is 1020. The highest BCUT2D eigenvalue weighted by atomic mass is 16.6. The van der Waals surface area contributed by atoms with Crippen LogP contribution in [0, 0.1) is 10.1 Å². The summed E-state index contributed by atoms with van der Waals surface area (Å²) in [6.07, 6.45) is 1.77. The maximum Gasteiger partial charge on any atom is 0.296 e. The molecule has 106 valence electrons. The van der Waals surface area contributed by atoms with Crippen LogP contribution >= 0.6 is 0 Å². The third kappa shape index (κ3) is 1.83. The van der Waals surface area contributed by atoms with E-state index in [1.807, 2.05) is 48.5 Å². The molecule has 2 aromatic heterocycles. The van der Waals surface area contributed by atoms with Crippen molar-refractivity contribution in [3.63, 3.8) is 0 Å². The van der Waals surface area contributed by atoms with Gasteiger partial charge in [0.15, 0.2) is 5.69 Å². The molecule has 0 fully saturated rings. The van der Waals surface area contributed by atoms with Crippen LogP contribution in [0.1, 0.15) is 0 Å². The van der Waals surface area contributed by atoms with Gasteiger partial charge in [-0.05, 0) is 12.1 Å². The molecule has 0 radical (unpaired) electrons. The number of hydrogen-bond donors (Lipinski definition) is 1. The number of fused-ring (bicyclic) bond motifs is 2. The van der Waals surface area contributed by atoms with Gasteiger partial charge in [-0.3, -0.25) is 10.1 Å². The number of nitro groups is 1. The number of benzene rings is 2. The lowest BCUT2D eigenvalue weighted by molar-refractivity contribution is -0.384. The van der Waals surface area contributed by atoms with Crippen LogP contribution in [-0.4, -0.2) is 14.9 Å². The van der Waals surface area contributed by atoms with E-state index < -0.39 is 0 Å². The van der Waals surface area contributed by atoms with E-state index in [1.54, 1.807) is 12.3 Å². The summed E-state index contributed by atoms with van der Waals surface area (Å²) in [5, 5.41) is 13.1. The van der Waals surface area contributed by atoms with Crippen molar-refractivity contribution in [3.05, 3.63) is 70.9 Å². The molecular weight excluding hydrogens is 278 g/mol. The number of aromatic amines is 1. The van der Waals surface area contributed by atoms with Crippen molar-refractivity contribution in [2.24, 2.45) is 0 Å². The van der Waals surface area contributed by atoms with E-state index in [0.29, 0.717) is 5.69 Å². The molecule has 0 amide bonds. The molecule has 0 aliphatic carbocycles. The van der Waals surface area contributed by atoms with Crippen LogP contribution in [0.2, 0.25) is 0 Å². The maximum absolute atomic E-state index is 11.5. The smallest absolute Gasteiger partial charge is 0.296 e. The van der Waals surface area contributed by atoms with Crippen molar-refractivity contribution in [3.8, 4) is 11.3 Å². The second-order valence-electron chi connectivity index (χ2n) is 5.05. The van der Waals surface area contributed by atoms with Gasteiger partial charge >= 0.3 is 0 Å². The average molecular weight is 289 g/mol. The van der Waals surface area contributed by atoms with Crippen molar-refractivity contribution in [2.75, 3.05) is 0 Å². The first-order chi connectivity index (χ1) is 10.7. The second kappa shape index (κ2) is 4.66. The third-order valence-electron chi connectivity index (χ3n) is 3.74. The predicted octanol–water partition coefficient (Wildman–Crippen LogP) is 4.29. The fourth-order valence-corrected chi connectivity index (χ4v) is 2.71. The Hall–Kier alpha value is -3.21. The molecule has 4 aromatic rings. The van der Waals surface area contributed by atoms with Gasteiger partial charge in [0, 0.05) is 34.1 Å². The topological polar surface area (TPSA) is 71.8 Å². The van der Waals surface area contributed by atoms with Gasteiger partial charge in [0.1, 0.15) is 0 Å². The molecule has 5 nitrogen and oxygen atoms in total. The van der Waals surface area contributed by atoms with Crippen LogP contribution in [-0.2, 0) is 0 Å². The summed E-state index contributed by atoms with van der Waals surface area (Å²) in [4.78, 5) is 18.7. The molecule has 4 rings (SSSR count). The van der Waals surface area contributed by atoms with E-state index >= 15 is 0 Å². The van der Waals surface area contributed by atoms with Crippen LogP contribution < -0.4 is 0 Å². The summed E-state index contributed by atoms with van der Waals surface area (Å²) in [5.41, 5.74) is 2.83. The van der Waals surface area contributed by atoms with Crippen molar-refractivity contribution in [1.82, 2.24) is 9.97 Å². The predicted molar refractivity (Wildman–Crippen MR) is 85.7 cm³/mol. The molecule has 2 heterocycles. The van der Waals surface area contributed by atoms with E-state index in [1.165, 1.54) is 0 Å². The van der Waals surface area contributed by atoms with Gasteiger partial charge in [0.05, 0.1) is 10.4 Å². The summed E-state index contributed by atoms with van der Waals surface area (Å²) in [6.45, 7) is 0. The van der Waals surface area contributed by atoms with Crippen molar-refractivity contribution in [1.29, 1.82) is 0 Å². The number of hydrogen-bond acceptors (Lipinski definition) is 3. The summed E-state index contributed by atoms with van der Waals surface area (Å²) in [6, 6.07) is 16.7. The van der Waals surface area contributed by atoms with Crippen LogP contribution in [0.5, 0.6) is 0 Å². The molecule has 0 aliphatic heterocycles. The van der Waals surface area contributed by atoms with E-state index in [4.69, 9.17) is 0 Å². The Balaban J connectivity index is 2.08. The van der Waals surface area contributed by atoms with Gasteiger partial charge in [-0.25, -0.2) is 4.98 Å². The zero-order valence-corrected chi connectivity index (χ0v) is 11.5. The molecule has 0 saturated carbocycles. The third-order valence-corrected chi connectivity index (χ3v) is 3.74. The minimum atomic E-state index is -0.378. The SMILES string of the molecule is O=[N+]([O-])c1cc2ccccc2nc1-c1c[nH]c2ccccc12. The zero-order valence-electron chi connectivity index (χ0n) is 11.5. The molecule has 0 unspecified atom stereocenters. The normalized spacial score (nSPS) is 11.1. The molecule has 22 heavy (non-hydrogen) atoms. The van der Waals surface area contributed by atoms with E-state index in [-0.39, 0.29) is 10.6 Å². The lowest BCUT2D eigenvalue weighted by Gasteiger charge is -2.04. The second-order valence-corrected chi connectivity index (χ2v) is 5.05. The van der Waals surface area contributed by atoms with E-state index in [9.17, 15) is 10.1 Å². The average Bonchev–Trinajstić information content (AvgIpc) is 2.97. The highest BCUT2D eigenvalue weighted by molar-refractivity contribution is 5.98. The van der Waals surface area contributed by atoms with Gasteiger partial charge in [-0.15, -0.1) is 0 Å². The quantitative estimate of drug-likeness (QED) is 0.442. The molecule has 5 heteroatoms. The number of nitrogens with one attached hydrogen (secondary N) is 1. The van der Waals surface area contributed by atoms with Crippen LogP contribution in [0.15, 0.2) is 60.8 Å². The minimum absolute atomic E-state index is 0.0171. The highest BCUT2D eigenvalue weighted by Crippen LogP contribution is 2.35. The van der Waals surface area contributed by atoms with Crippen molar-refractivity contribution >= 4 is 27.5 Å².